The van der Waals surface area contributed by atoms with Crippen molar-refractivity contribution in [1.29, 1.82) is 0 Å². The van der Waals surface area contributed by atoms with E-state index >= 15 is 0 Å². The fourth-order valence-electron chi connectivity index (χ4n) is 4.53. The van der Waals surface area contributed by atoms with Crippen LogP contribution in [-0.2, 0) is 23.8 Å². The fourth-order valence-corrected chi connectivity index (χ4v) is 5.91. The van der Waals surface area contributed by atoms with Crippen LogP contribution in [0.5, 0.6) is 0 Å². The minimum absolute atomic E-state index is 0.159. The molecule has 35 heavy (non-hydrogen) atoms. The van der Waals surface area contributed by atoms with Gasteiger partial charge in [0, 0.05) is 11.2 Å². The Morgan fingerprint density at radius 1 is 0.971 bits per heavy atom. The predicted octanol–water partition coefficient (Wildman–Crippen LogP) is 3.06. The van der Waals surface area contributed by atoms with Gasteiger partial charge < -0.3 is 30.2 Å². The molecule has 2 saturated carbocycles. The second kappa shape index (κ2) is 8.86. The number of alkyl carbamates (subject to hydrolysis) is 1. The van der Waals surface area contributed by atoms with Crippen molar-refractivity contribution >= 4 is 35.7 Å². The van der Waals surface area contributed by atoms with Gasteiger partial charge in [-0.3, -0.25) is 4.79 Å². The van der Waals surface area contributed by atoms with E-state index in [0.29, 0.717) is 5.16 Å². The molecule has 0 unspecified atom stereocenters. The molecular formula is C23H37N5O6S. The minimum atomic E-state index is -1.48. The van der Waals surface area contributed by atoms with Crippen molar-refractivity contribution in [2.75, 3.05) is 5.73 Å². The highest BCUT2D eigenvalue weighted by molar-refractivity contribution is 7.99. The number of thioether (sulfide) groups is 1. The molecular weight excluding hydrogens is 474 g/mol. The molecule has 11 nitrogen and oxygen atoms in total. The summed E-state index contributed by atoms with van der Waals surface area (Å²) in [5.41, 5.74) is 1.90. The number of hydrogen-bond acceptors (Lipinski definition) is 10. The van der Waals surface area contributed by atoms with Crippen molar-refractivity contribution in [2.24, 2.45) is 17.8 Å². The lowest BCUT2D eigenvalue weighted by Gasteiger charge is -2.35. The van der Waals surface area contributed by atoms with E-state index in [0.717, 1.165) is 0 Å². The monoisotopic (exact) mass is 511 g/mol. The highest BCUT2D eigenvalue weighted by Gasteiger charge is 2.77. The highest BCUT2D eigenvalue weighted by Crippen LogP contribution is 2.66. The van der Waals surface area contributed by atoms with Crippen LogP contribution in [0.25, 0.3) is 0 Å². The van der Waals surface area contributed by atoms with Crippen molar-refractivity contribution in [2.45, 2.75) is 101 Å². The highest BCUT2D eigenvalue weighted by atomic mass is 32.2. The Kier molecular flexibility index (Phi) is 6.86. The smallest absolute Gasteiger partial charge is 0.408 e. The third-order valence-corrected chi connectivity index (χ3v) is 6.70. The topological polar surface area (TPSA) is 159 Å². The quantitative estimate of drug-likeness (QED) is 0.396. The van der Waals surface area contributed by atoms with E-state index in [9.17, 15) is 14.4 Å². The molecule has 4 N–H and O–H groups in total. The molecule has 2 aliphatic rings. The molecule has 196 valence electrons. The van der Waals surface area contributed by atoms with E-state index in [1.54, 1.807) is 62.3 Å². The van der Waals surface area contributed by atoms with Crippen LogP contribution in [0, 0.1) is 17.8 Å². The Labute approximate surface area is 210 Å². The van der Waals surface area contributed by atoms with Gasteiger partial charge in [-0.05, 0) is 74.7 Å². The van der Waals surface area contributed by atoms with Crippen LogP contribution in [0.3, 0.4) is 0 Å². The Balaban J connectivity index is 1.99. The predicted molar refractivity (Wildman–Crippen MR) is 129 cm³/mol. The van der Waals surface area contributed by atoms with Crippen LogP contribution in [0.15, 0.2) is 5.16 Å². The molecule has 1 aromatic heterocycles. The summed E-state index contributed by atoms with van der Waals surface area (Å²) in [4.78, 5) is 42.6. The summed E-state index contributed by atoms with van der Waals surface area (Å²) in [7, 11) is 0. The summed E-state index contributed by atoms with van der Waals surface area (Å²) in [6.45, 7) is 15.8. The number of nitrogens with zero attached hydrogens (tertiary/aromatic N) is 2. The van der Waals surface area contributed by atoms with Gasteiger partial charge in [-0.2, -0.15) is 0 Å². The molecule has 5 atom stereocenters. The lowest BCUT2D eigenvalue weighted by molar-refractivity contribution is -0.165. The third-order valence-electron chi connectivity index (χ3n) is 5.51. The molecule has 1 heterocycles. The Hall–Kier alpha value is -2.50. The number of hydrogen-bond donors (Lipinski definition) is 3. The van der Waals surface area contributed by atoms with E-state index in [2.05, 4.69) is 20.5 Å². The number of esters is 2. The van der Waals surface area contributed by atoms with Crippen LogP contribution in [0.1, 0.15) is 68.7 Å². The SMILES string of the molecule is CC(C)(C)OC(=O)N[C@@]1(C(=O)OC(C)(C)C)C[C@@H](Sc2nnc(N)[nH]2)[C@H]2[C@H](C(=O)OC(C)(C)C)[C@H]21. The molecule has 2 fully saturated rings. The summed E-state index contributed by atoms with van der Waals surface area (Å²) in [5, 5.41) is 10.8. The summed E-state index contributed by atoms with van der Waals surface area (Å²) in [6, 6.07) is 0. The number of nitrogens with one attached hydrogen (secondary N) is 2. The number of nitrogens with two attached hydrogens (primary N) is 1. The summed E-state index contributed by atoms with van der Waals surface area (Å²) in [6.07, 6.45) is -0.548. The van der Waals surface area contributed by atoms with Gasteiger partial charge in [0.1, 0.15) is 22.3 Å². The molecule has 0 radical (unpaired) electrons. The van der Waals surface area contributed by atoms with Crippen LogP contribution in [-0.4, -0.2) is 60.8 Å². The first-order valence-electron chi connectivity index (χ1n) is 11.6. The Bertz CT molecular complexity index is 992. The normalized spacial score (nSPS) is 28.1. The number of carbonyl (C=O) groups excluding carboxylic acids is 3. The van der Waals surface area contributed by atoms with Gasteiger partial charge in [0.2, 0.25) is 5.95 Å². The lowest BCUT2D eigenvalue weighted by Crippen LogP contribution is -2.59. The maximum Gasteiger partial charge on any atom is 0.408 e. The second-order valence-electron chi connectivity index (χ2n) is 12.1. The number of rotatable bonds is 5. The number of anilines is 1. The van der Waals surface area contributed by atoms with E-state index in [-0.39, 0.29) is 23.5 Å². The molecule has 3 rings (SSSR count). The van der Waals surface area contributed by atoms with Crippen LogP contribution < -0.4 is 11.1 Å². The van der Waals surface area contributed by atoms with Gasteiger partial charge in [0.05, 0.1) is 5.92 Å². The largest absolute Gasteiger partial charge is 0.460 e. The average molecular weight is 512 g/mol. The van der Waals surface area contributed by atoms with Gasteiger partial charge >= 0.3 is 18.0 Å². The number of H-pyrrole nitrogens is 1. The number of ether oxygens (including phenoxy) is 3. The van der Waals surface area contributed by atoms with Crippen LogP contribution in [0.4, 0.5) is 10.7 Å². The van der Waals surface area contributed by atoms with Crippen molar-refractivity contribution in [3.63, 3.8) is 0 Å². The van der Waals surface area contributed by atoms with Gasteiger partial charge in [-0.15, -0.1) is 10.2 Å². The minimum Gasteiger partial charge on any atom is -0.460 e. The summed E-state index contributed by atoms with van der Waals surface area (Å²) < 4.78 is 16.9. The number of amides is 1. The zero-order valence-corrected chi connectivity index (χ0v) is 22.7. The number of aromatic nitrogens is 3. The van der Waals surface area contributed by atoms with Crippen molar-refractivity contribution in [1.82, 2.24) is 20.5 Å². The van der Waals surface area contributed by atoms with Crippen molar-refractivity contribution < 1.29 is 28.6 Å². The first-order chi connectivity index (χ1) is 15.8. The zero-order valence-electron chi connectivity index (χ0n) is 21.8. The van der Waals surface area contributed by atoms with Gasteiger partial charge in [-0.25, -0.2) is 9.59 Å². The number of fused-ring (bicyclic) bond motifs is 1. The zero-order chi connectivity index (χ0) is 26.6. The molecule has 1 aromatic rings. The van der Waals surface area contributed by atoms with E-state index < -0.39 is 52.2 Å². The van der Waals surface area contributed by atoms with E-state index in [1.807, 2.05) is 0 Å². The first-order valence-corrected chi connectivity index (χ1v) is 12.5. The van der Waals surface area contributed by atoms with Crippen LogP contribution >= 0.6 is 11.8 Å². The summed E-state index contributed by atoms with van der Waals surface area (Å²) in [5.74, 6) is -2.28. The number of aromatic amines is 1. The third kappa shape index (κ3) is 6.39. The van der Waals surface area contributed by atoms with Gasteiger partial charge in [0.25, 0.3) is 0 Å². The lowest BCUT2D eigenvalue weighted by atomic mass is 9.89. The standard InChI is InChI=1S/C23H37N5O6S/c1-20(2,3)32-15(29)13-12-11(35-18-25-17(24)27-28-18)10-23(14(12)13,16(30)33-21(4,5)6)26-19(31)34-22(7,8)9/h11-14H,10H2,1-9H3,(H,26,31)(H3,24,25,27,28)/t11-,12+,13+,14+,23+/m1/s1. The maximum atomic E-state index is 13.7. The molecule has 0 spiro atoms. The van der Waals surface area contributed by atoms with Gasteiger partial charge in [-0.1, -0.05) is 11.8 Å². The molecule has 0 aromatic carbocycles. The first kappa shape index (κ1) is 27.1. The second-order valence-corrected chi connectivity index (χ2v) is 13.4. The van der Waals surface area contributed by atoms with Crippen LogP contribution in [0.2, 0.25) is 0 Å². The number of nitrogen functional groups attached to an aromatic ring is 1. The molecule has 0 saturated heterocycles. The van der Waals surface area contributed by atoms with Gasteiger partial charge in [0.15, 0.2) is 5.16 Å². The van der Waals surface area contributed by atoms with Crippen molar-refractivity contribution in [3.05, 3.63) is 0 Å². The van der Waals surface area contributed by atoms with E-state index in [4.69, 9.17) is 19.9 Å². The van der Waals surface area contributed by atoms with Crippen molar-refractivity contribution in [3.8, 4) is 0 Å². The Morgan fingerprint density at radius 3 is 2.03 bits per heavy atom. The number of carbonyl (C=O) groups is 3. The average Bonchev–Trinajstić information content (AvgIpc) is 3.13. The van der Waals surface area contributed by atoms with E-state index in [1.165, 1.54) is 11.8 Å². The molecule has 12 heteroatoms. The molecule has 2 aliphatic carbocycles. The summed E-state index contributed by atoms with van der Waals surface area (Å²) >= 11 is 1.32. The molecule has 1 amide bonds. The molecule has 0 aliphatic heterocycles. The fraction of sp³-hybridized carbons (Fsp3) is 0.783. The maximum absolute atomic E-state index is 13.7. The Morgan fingerprint density at radius 2 is 1.54 bits per heavy atom. The molecule has 0 bridgehead atoms.